The number of imidazole rings is 1. The Kier molecular flexibility index (Phi) is 4.06. The zero-order chi connectivity index (χ0) is 18.2. The molecule has 25 heavy (non-hydrogen) atoms. The average molecular weight is 344 g/mol. The zero-order valence-electron chi connectivity index (χ0n) is 13.5. The van der Waals surface area contributed by atoms with Gasteiger partial charge in [0.25, 0.3) is 0 Å². The first-order chi connectivity index (χ1) is 11.7. The maximum atomic E-state index is 13.4. The molecule has 128 valence electrons. The van der Waals surface area contributed by atoms with Crippen LogP contribution in [-0.4, -0.2) is 30.2 Å². The molecule has 3 rings (SSSR count). The van der Waals surface area contributed by atoms with Gasteiger partial charge in [0.15, 0.2) is 17.0 Å². The van der Waals surface area contributed by atoms with E-state index in [0.29, 0.717) is 11.2 Å². The molecule has 0 unspecified atom stereocenters. The minimum Gasteiger partial charge on any atom is -0.389 e. The second-order valence-electron chi connectivity index (χ2n) is 6.15. The third kappa shape index (κ3) is 3.70. The van der Waals surface area contributed by atoms with Crippen LogP contribution in [0.15, 0.2) is 24.5 Å². The van der Waals surface area contributed by atoms with Gasteiger partial charge in [0.05, 0.1) is 18.5 Å². The molecule has 0 atom stereocenters. The molecule has 2 aromatic heterocycles. The Morgan fingerprint density at radius 1 is 1.24 bits per heavy atom. The van der Waals surface area contributed by atoms with Crippen molar-refractivity contribution in [3.63, 3.8) is 0 Å². The summed E-state index contributed by atoms with van der Waals surface area (Å²) in [6.07, 6.45) is 1.45. The number of anilines is 2. The molecule has 0 radical (unpaired) electrons. The topological polar surface area (TPSA) is 99.6 Å². The smallest absolute Gasteiger partial charge is 0.236 e. The summed E-state index contributed by atoms with van der Waals surface area (Å²) >= 11 is 0. The fourth-order valence-corrected chi connectivity index (χ4v) is 2.38. The largest absolute Gasteiger partial charge is 0.389 e. The van der Waals surface area contributed by atoms with Crippen molar-refractivity contribution in [2.45, 2.75) is 26.0 Å². The van der Waals surface area contributed by atoms with Crippen LogP contribution in [-0.2, 0) is 6.54 Å². The summed E-state index contributed by atoms with van der Waals surface area (Å²) in [5.74, 6) is -1.49. The Hall–Kier alpha value is -3.12. The number of benzene rings is 1. The Labute approximate surface area is 141 Å². The van der Waals surface area contributed by atoms with Gasteiger partial charge in [0.1, 0.15) is 17.7 Å². The summed E-state index contributed by atoms with van der Waals surface area (Å²) in [5.41, 5.74) is -0.260. The van der Waals surface area contributed by atoms with Gasteiger partial charge in [0.2, 0.25) is 5.82 Å². The predicted molar refractivity (Wildman–Crippen MR) is 86.0 cm³/mol. The number of halogens is 2. The van der Waals surface area contributed by atoms with Crippen molar-refractivity contribution >= 4 is 22.7 Å². The van der Waals surface area contributed by atoms with E-state index in [2.05, 4.69) is 20.3 Å². The molecule has 0 bridgehead atoms. The molecule has 2 heterocycles. The molecule has 2 N–H and O–H groups in total. The molecular formula is C16H14F2N6O. The van der Waals surface area contributed by atoms with Crippen LogP contribution in [0.25, 0.3) is 11.2 Å². The van der Waals surface area contributed by atoms with E-state index in [-0.39, 0.29) is 23.9 Å². The molecule has 3 aromatic rings. The van der Waals surface area contributed by atoms with Gasteiger partial charge in [-0.05, 0) is 26.0 Å². The lowest BCUT2D eigenvalue weighted by atomic mass is 10.1. The first-order valence-corrected chi connectivity index (χ1v) is 7.34. The van der Waals surface area contributed by atoms with Crippen LogP contribution < -0.4 is 5.32 Å². The molecule has 0 amide bonds. The second kappa shape index (κ2) is 6.07. The molecule has 7 nitrogen and oxygen atoms in total. The molecule has 0 saturated carbocycles. The van der Waals surface area contributed by atoms with E-state index in [1.165, 1.54) is 6.33 Å². The molecular weight excluding hydrogens is 330 g/mol. The maximum Gasteiger partial charge on any atom is 0.236 e. The lowest BCUT2D eigenvalue weighted by molar-refractivity contribution is 0.0625. The Morgan fingerprint density at radius 2 is 1.92 bits per heavy atom. The highest BCUT2D eigenvalue weighted by Gasteiger charge is 2.19. The SMILES string of the molecule is CC(C)(O)Cn1cnc2c(Nc3cc(F)cc(F)c3)nc(C#N)nc21. The lowest BCUT2D eigenvalue weighted by Gasteiger charge is -2.17. The van der Waals surface area contributed by atoms with Crippen molar-refractivity contribution in [2.75, 3.05) is 5.32 Å². The minimum absolute atomic E-state index is 0.124. The number of hydrogen-bond acceptors (Lipinski definition) is 6. The van der Waals surface area contributed by atoms with Gasteiger partial charge in [0, 0.05) is 11.8 Å². The Balaban J connectivity index is 2.10. The summed E-state index contributed by atoms with van der Waals surface area (Å²) in [6, 6.07) is 4.77. The van der Waals surface area contributed by atoms with Crippen LogP contribution in [0.3, 0.4) is 0 Å². The van der Waals surface area contributed by atoms with Crippen molar-refractivity contribution in [2.24, 2.45) is 0 Å². The fraction of sp³-hybridized carbons (Fsp3) is 0.250. The van der Waals surface area contributed by atoms with Gasteiger partial charge >= 0.3 is 0 Å². The summed E-state index contributed by atoms with van der Waals surface area (Å²) < 4.78 is 28.3. The minimum atomic E-state index is -1.02. The van der Waals surface area contributed by atoms with Gasteiger partial charge in [-0.15, -0.1) is 0 Å². The average Bonchev–Trinajstić information content (AvgIpc) is 2.87. The number of nitrogens with one attached hydrogen (secondary N) is 1. The fourth-order valence-electron chi connectivity index (χ4n) is 2.38. The monoisotopic (exact) mass is 344 g/mol. The van der Waals surface area contributed by atoms with E-state index in [4.69, 9.17) is 5.26 Å². The molecule has 0 fully saturated rings. The number of aromatic nitrogens is 4. The highest BCUT2D eigenvalue weighted by atomic mass is 19.1. The molecule has 1 aromatic carbocycles. The quantitative estimate of drug-likeness (QED) is 0.754. The van der Waals surface area contributed by atoms with Gasteiger partial charge in [-0.3, -0.25) is 0 Å². The van der Waals surface area contributed by atoms with Crippen LogP contribution in [0.2, 0.25) is 0 Å². The second-order valence-corrected chi connectivity index (χ2v) is 6.15. The van der Waals surface area contributed by atoms with Gasteiger partial charge < -0.3 is 15.0 Å². The summed E-state index contributed by atoms with van der Waals surface area (Å²) in [5, 5.41) is 21.9. The van der Waals surface area contributed by atoms with Crippen LogP contribution in [0.5, 0.6) is 0 Å². The lowest BCUT2D eigenvalue weighted by Crippen LogP contribution is -2.25. The predicted octanol–water partition coefficient (Wildman–Crippen LogP) is 2.49. The van der Waals surface area contributed by atoms with Crippen molar-refractivity contribution in [3.05, 3.63) is 42.0 Å². The number of fused-ring (bicyclic) bond motifs is 1. The maximum absolute atomic E-state index is 13.4. The number of nitriles is 1. The van der Waals surface area contributed by atoms with Crippen LogP contribution in [0.4, 0.5) is 20.3 Å². The van der Waals surface area contributed by atoms with E-state index < -0.39 is 17.2 Å². The normalized spacial score (nSPS) is 11.5. The molecule has 0 spiro atoms. The van der Waals surface area contributed by atoms with Crippen LogP contribution >= 0.6 is 0 Å². The van der Waals surface area contributed by atoms with Crippen molar-refractivity contribution in [1.82, 2.24) is 19.5 Å². The highest BCUT2D eigenvalue weighted by molar-refractivity contribution is 5.85. The van der Waals surface area contributed by atoms with Crippen molar-refractivity contribution < 1.29 is 13.9 Å². The number of hydrogen-bond donors (Lipinski definition) is 2. The Morgan fingerprint density at radius 3 is 2.52 bits per heavy atom. The van der Waals surface area contributed by atoms with E-state index in [9.17, 15) is 13.9 Å². The van der Waals surface area contributed by atoms with E-state index in [1.54, 1.807) is 18.4 Å². The molecule has 9 heteroatoms. The Bertz CT molecular complexity index is 966. The zero-order valence-corrected chi connectivity index (χ0v) is 13.5. The standard InChI is InChI=1S/C16H14F2N6O/c1-16(2,25)7-24-8-20-13-14(22-12(6-19)23-15(13)24)21-11-4-9(17)3-10(18)5-11/h3-5,8,25H,7H2,1-2H3,(H,21,22,23). The van der Waals surface area contributed by atoms with E-state index in [1.807, 2.05) is 6.07 Å². The summed E-state index contributed by atoms with van der Waals surface area (Å²) in [4.78, 5) is 12.3. The third-order valence-electron chi connectivity index (χ3n) is 3.25. The summed E-state index contributed by atoms with van der Waals surface area (Å²) in [6.45, 7) is 3.44. The first-order valence-electron chi connectivity index (χ1n) is 7.34. The molecule has 0 aliphatic heterocycles. The number of aliphatic hydroxyl groups is 1. The number of rotatable bonds is 4. The van der Waals surface area contributed by atoms with Gasteiger partial charge in [-0.2, -0.15) is 15.2 Å². The first kappa shape index (κ1) is 16.7. The van der Waals surface area contributed by atoms with Gasteiger partial charge in [-0.25, -0.2) is 13.8 Å². The van der Waals surface area contributed by atoms with Crippen molar-refractivity contribution in [1.29, 1.82) is 5.26 Å². The van der Waals surface area contributed by atoms with E-state index >= 15 is 0 Å². The third-order valence-corrected chi connectivity index (χ3v) is 3.25. The molecule has 0 saturated heterocycles. The van der Waals surface area contributed by atoms with E-state index in [0.717, 1.165) is 18.2 Å². The highest BCUT2D eigenvalue weighted by Crippen LogP contribution is 2.24. The molecule has 0 aliphatic rings. The van der Waals surface area contributed by atoms with Crippen molar-refractivity contribution in [3.8, 4) is 6.07 Å². The van der Waals surface area contributed by atoms with Gasteiger partial charge in [-0.1, -0.05) is 0 Å². The number of nitrogens with zero attached hydrogens (tertiary/aromatic N) is 5. The molecule has 0 aliphatic carbocycles. The van der Waals surface area contributed by atoms with Crippen LogP contribution in [0, 0.1) is 23.0 Å². The summed E-state index contributed by atoms with van der Waals surface area (Å²) in [7, 11) is 0. The van der Waals surface area contributed by atoms with Crippen LogP contribution in [0.1, 0.15) is 19.7 Å².